The second-order valence-electron chi connectivity index (χ2n) is 7.62. The summed E-state index contributed by atoms with van der Waals surface area (Å²) in [6.07, 6.45) is 2.73. The van der Waals surface area contributed by atoms with E-state index in [0.29, 0.717) is 25.5 Å². The van der Waals surface area contributed by atoms with E-state index in [1.807, 2.05) is 34.5 Å². The van der Waals surface area contributed by atoms with Gasteiger partial charge in [-0.15, -0.1) is 11.3 Å². The number of carbonyl (C=O) groups excluding carboxylic acids is 1. The molecule has 0 atom stereocenters. The van der Waals surface area contributed by atoms with Crippen molar-refractivity contribution in [3.8, 4) is 5.75 Å². The number of para-hydroxylation sites is 1. The lowest BCUT2D eigenvalue weighted by Gasteiger charge is -2.35. The minimum Gasteiger partial charge on any atom is -0.496 e. The molecule has 158 valence electrons. The van der Waals surface area contributed by atoms with Crippen LogP contribution in [0.5, 0.6) is 5.75 Å². The molecule has 29 heavy (non-hydrogen) atoms. The quantitative estimate of drug-likeness (QED) is 0.592. The topological polar surface area (TPSA) is 42.0 Å². The van der Waals surface area contributed by atoms with E-state index in [1.54, 1.807) is 25.6 Å². The Morgan fingerprint density at radius 1 is 1.17 bits per heavy atom. The summed E-state index contributed by atoms with van der Waals surface area (Å²) in [7, 11) is 3.42. The molecule has 1 aromatic heterocycles. The molecule has 6 heteroatoms. The maximum Gasteiger partial charge on any atom is 0.227 e. The van der Waals surface area contributed by atoms with E-state index in [1.165, 1.54) is 5.56 Å². The number of benzene rings is 1. The number of hydrogen-bond donors (Lipinski definition) is 0. The molecule has 0 aliphatic carbocycles. The van der Waals surface area contributed by atoms with Crippen molar-refractivity contribution in [1.29, 1.82) is 0 Å². The zero-order valence-corrected chi connectivity index (χ0v) is 18.3. The third-order valence-corrected chi connectivity index (χ3v) is 6.47. The van der Waals surface area contributed by atoms with Crippen LogP contribution in [0, 0.1) is 5.92 Å². The second kappa shape index (κ2) is 11.3. The molecule has 2 aromatic rings. The van der Waals surface area contributed by atoms with Gasteiger partial charge in [0.05, 0.1) is 20.1 Å². The summed E-state index contributed by atoms with van der Waals surface area (Å²) in [5.41, 5.74) is 1.24. The van der Waals surface area contributed by atoms with Gasteiger partial charge in [-0.3, -0.25) is 9.69 Å². The molecule has 0 N–H and O–H groups in total. The maximum atomic E-state index is 12.8. The number of piperidine rings is 1. The van der Waals surface area contributed by atoms with E-state index in [9.17, 15) is 4.79 Å². The number of carbonyl (C=O) groups is 1. The summed E-state index contributed by atoms with van der Waals surface area (Å²) in [6, 6.07) is 12.3. The lowest BCUT2D eigenvalue weighted by atomic mass is 9.95. The van der Waals surface area contributed by atoms with Gasteiger partial charge in [0, 0.05) is 37.2 Å². The first-order valence-corrected chi connectivity index (χ1v) is 11.2. The van der Waals surface area contributed by atoms with Crippen LogP contribution in [0.2, 0.25) is 0 Å². The predicted molar refractivity (Wildman–Crippen MR) is 117 cm³/mol. The molecule has 1 saturated heterocycles. The normalized spacial score (nSPS) is 15.4. The molecule has 2 heterocycles. The van der Waals surface area contributed by atoms with Crippen molar-refractivity contribution in [3.05, 3.63) is 52.2 Å². The highest BCUT2D eigenvalue weighted by Gasteiger charge is 2.24. The Hall–Kier alpha value is -1.89. The number of methoxy groups -OCH3 is 2. The van der Waals surface area contributed by atoms with Gasteiger partial charge in [-0.05, 0) is 49.4 Å². The molecular formula is C23H32N2O3S. The van der Waals surface area contributed by atoms with Crippen molar-refractivity contribution < 1.29 is 14.3 Å². The Bertz CT molecular complexity index is 742. The molecule has 1 aromatic carbocycles. The van der Waals surface area contributed by atoms with Crippen molar-refractivity contribution in [2.75, 3.05) is 47.0 Å². The van der Waals surface area contributed by atoms with Gasteiger partial charge in [0.1, 0.15) is 5.75 Å². The Morgan fingerprint density at radius 2 is 1.97 bits per heavy atom. The summed E-state index contributed by atoms with van der Waals surface area (Å²) in [5.74, 6) is 1.72. The molecule has 1 aliphatic heterocycles. The minimum atomic E-state index is 0.209. The van der Waals surface area contributed by atoms with Crippen LogP contribution in [0.3, 0.4) is 0 Å². The summed E-state index contributed by atoms with van der Waals surface area (Å²) in [5, 5.41) is 2.03. The zero-order chi connectivity index (χ0) is 20.5. The highest BCUT2D eigenvalue weighted by molar-refractivity contribution is 7.10. The fourth-order valence-corrected chi connectivity index (χ4v) is 4.60. The van der Waals surface area contributed by atoms with E-state index in [0.717, 1.165) is 49.6 Å². The van der Waals surface area contributed by atoms with Crippen LogP contribution in [0.1, 0.15) is 23.3 Å². The fraction of sp³-hybridized carbons (Fsp3) is 0.522. The van der Waals surface area contributed by atoms with Gasteiger partial charge in [-0.1, -0.05) is 24.3 Å². The summed E-state index contributed by atoms with van der Waals surface area (Å²) in [4.78, 5) is 18.4. The lowest BCUT2D eigenvalue weighted by Crippen LogP contribution is -2.42. The molecule has 0 unspecified atom stereocenters. The number of thiophene rings is 1. The summed E-state index contributed by atoms with van der Waals surface area (Å²) >= 11 is 1.65. The van der Waals surface area contributed by atoms with Crippen LogP contribution >= 0.6 is 11.3 Å². The van der Waals surface area contributed by atoms with E-state index in [-0.39, 0.29) is 5.91 Å². The van der Waals surface area contributed by atoms with E-state index < -0.39 is 0 Å². The molecule has 0 radical (unpaired) electrons. The Balaban J connectivity index is 1.50. The first kappa shape index (κ1) is 21.8. The molecule has 5 nitrogen and oxygen atoms in total. The van der Waals surface area contributed by atoms with Gasteiger partial charge < -0.3 is 14.4 Å². The van der Waals surface area contributed by atoms with Crippen LogP contribution < -0.4 is 4.74 Å². The third kappa shape index (κ3) is 6.56. The first-order valence-electron chi connectivity index (χ1n) is 10.3. The number of ether oxygens (including phenoxy) is 2. The SMILES string of the molecule is COCCN(CC1CCN(Cc2ccccc2OC)CC1)C(=O)Cc1cccs1. The van der Waals surface area contributed by atoms with Crippen molar-refractivity contribution in [2.24, 2.45) is 5.92 Å². The third-order valence-electron chi connectivity index (χ3n) is 5.60. The van der Waals surface area contributed by atoms with Gasteiger partial charge in [0.25, 0.3) is 0 Å². The average molecular weight is 417 g/mol. The van der Waals surface area contributed by atoms with Crippen molar-refractivity contribution in [3.63, 3.8) is 0 Å². The van der Waals surface area contributed by atoms with Crippen LogP contribution in [0.25, 0.3) is 0 Å². The van der Waals surface area contributed by atoms with Gasteiger partial charge in [-0.25, -0.2) is 0 Å². The molecule has 1 fully saturated rings. The maximum absolute atomic E-state index is 12.8. The van der Waals surface area contributed by atoms with E-state index in [2.05, 4.69) is 17.0 Å². The minimum absolute atomic E-state index is 0.209. The molecule has 1 aliphatic rings. The number of amides is 1. The Labute approximate surface area is 178 Å². The number of rotatable bonds is 10. The molecule has 3 rings (SSSR count). The molecule has 0 spiro atoms. The van der Waals surface area contributed by atoms with E-state index in [4.69, 9.17) is 9.47 Å². The van der Waals surface area contributed by atoms with Gasteiger partial charge in [-0.2, -0.15) is 0 Å². The number of likely N-dealkylation sites (tertiary alicyclic amines) is 1. The first-order chi connectivity index (χ1) is 14.2. The van der Waals surface area contributed by atoms with Crippen molar-refractivity contribution >= 4 is 17.2 Å². The van der Waals surface area contributed by atoms with Crippen LogP contribution in [-0.2, 0) is 22.5 Å². The Kier molecular flexibility index (Phi) is 8.52. The highest BCUT2D eigenvalue weighted by Crippen LogP contribution is 2.24. The molecule has 1 amide bonds. The fourth-order valence-electron chi connectivity index (χ4n) is 3.91. The van der Waals surface area contributed by atoms with Crippen molar-refractivity contribution in [1.82, 2.24) is 9.80 Å². The van der Waals surface area contributed by atoms with Crippen LogP contribution in [0.4, 0.5) is 0 Å². The summed E-state index contributed by atoms with van der Waals surface area (Å²) < 4.78 is 10.7. The molecule has 0 bridgehead atoms. The molecule has 0 saturated carbocycles. The van der Waals surface area contributed by atoms with Crippen LogP contribution in [-0.4, -0.2) is 62.7 Å². The van der Waals surface area contributed by atoms with Crippen molar-refractivity contribution in [2.45, 2.75) is 25.8 Å². The monoisotopic (exact) mass is 416 g/mol. The molecular weight excluding hydrogens is 384 g/mol. The smallest absolute Gasteiger partial charge is 0.227 e. The number of nitrogens with zero attached hydrogens (tertiary/aromatic N) is 2. The predicted octanol–water partition coefficient (Wildman–Crippen LogP) is 3.69. The van der Waals surface area contributed by atoms with E-state index >= 15 is 0 Å². The Morgan fingerprint density at radius 3 is 2.66 bits per heavy atom. The largest absolute Gasteiger partial charge is 0.496 e. The van der Waals surface area contributed by atoms with Gasteiger partial charge in [0.15, 0.2) is 0 Å². The highest BCUT2D eigenvalue weighted by atomic mass is 32.1. The zero-order valence-electron chi connectivity index (χ0n) is 17.5. The lowest BCUT2D eigenvalue weighted by molar-refractivity contribution is -0.132. The van der Waals surface area contributed by atoms with Crippen LogP contribution in [0.15, 0.2) is 41.8 Å². The number of hydrogen-bond acceptors (Lipinski definition) is 5. The van der Waals surface area contributed by atoms with Gasteiger partial charge >= 0.3 is 0 Å². The second-order valence-corrected chi connectivity index (χ2v) is 8.65. The summed E-state index contributed by atoms with van der Waals surface area (Å²) in [6.45, 7) is 5.11. The standard InChI is InChI=1S/C23H32N2O3S/c1-27-14-13-25(23(26)16-21-7-5-15-29-21)17-19-9-11-24(12-10-19)18-20-6-3-4-8-22(20)28-2/h3-8,15,19H,9-14,16-18H2,1-2H3. The van der Waals surface area contributed by atoms with Gasteiger partial charge in [0.2, 0.25) is 5.91 Å². The average Bonchev–Trinajstić information content (AvgIpc) is 3.25.